The zero-order valence-electron chi connectivity index (χ0n) is 10.3. The maximum absolute atomic E-state index is 11.9. The maximum Gasteiger partial charge on any atom is 0.338 e. The third-order valence-corrected chi connectivity index (χ3v) is 3.48. The number of esters is 2. The van der Waals surface area contributed by atoms with Gasteiger partial charge in [0.1, 0.15) is 12.2 Å². The van der Waals surface area contributed by atoms with Gasteiger partial charge in [-0.1, -0.05) is 18.2 Å². The Kier molecular flexibility index (Phi) is 3.07. The van der Waals surface area contributed by atoms with Gasteiger partial charge in [-0.05, 0) is 30.7 Å². The van der Waals surface area contributed by atoms with Crippen LogP contribution in [-0.2, 0) is 14.3 Å². The summed E-state index contributed by atoms with van der Waals surface area (Å²) in [6, 6.07) is 8.89. The highest BCUT2D eigenvalue weighted by molar-refractivity contribution is 5.89. The normalized spacial score (nSPS) is 28.6. The smallest absolute Gasteiger partial charge is 0.338 e. The average molecular weight is 258 g/mol. The predicted octanol–water partition coefficient (Wildman–Crippen LogP) is 2.10. The van der Waals surface area contributed by atoms with E-state index in [1.165, 1.54) is 0 Å². The van der Waals surface area contributed by atoms with Crippen LogP contribution in [0.1, 0.15) is 23.2 Å². The van der Waals surface area contributed by atoms with Crippen LogP contribution >= 0.6 is 0 Å². The van der Waals surface area contributed by atoms with Crippen molar-refractivity contribution in [2.75, 3.05) is 0 Å². The predicted molar refractivity (Wildman–Crippen MR) is 67.4 cm³/mol. The number of carbonyl (C=O) groups is 2. The minimum absolute atomic E-state index is 0.131. The highest BCUT2D eigenvalue weighted by Gasteiger charge is 2.37. The maximum atomic E-state index is 11.9. The number of benzene rings is 1. The van der Waals surface area contributed by atoms with Crippen molar-refractivity contribution in [2.45, 2.75) is 25.0 Å². The standard InChI is InChI=1S/C15H14O4/c16-14-9-11-8-12(6-7-13(11)19-14)18-15(17)10-4-2-1-3-5-10/h1-7,11-13H,8-9H2. The zero-order valence-corrected chi connectivity index (χ0v) is 10.3. The molecule has 98 valence electrons. The van der Waals surface area contributed by atoms with E-state index in [4.69, 9.17) is 9.47 Å². The van der Waals surface area contributed by atoms with Crippen LogP contribution in [-0.4, -0.2) is 24.1 Å². The highest BCUT2D eigenvalue weighted by Crippen LogP contribution is 2.32. The first kappa shape index (κ1) is 12.0. The molecule has 1 heterocycles. The molecule has 0 bridgehead atoms. The Morgan fingerprint density at radius 1 is 1.21 bits per heavy atom. The number of carbonyl (C=O) groups excluding carboxylic acids is 2. The van der Waals surface area contributed by atoms with Gasteiger partial charge >= 0.3 is 11.9 Å². The van der Waals surface area contributed by atoms with Crippen LogP contribution in [0.2, 0.25) is 0 Å². The second-order valence-electron chi connectivity index (χ2n) is 4.85. The molecular formula is C15H14O4. The Morgan fingerprint density at radius 3 is 2.79 bits per heavy atom. The largest absolute Gasteiger partial charge is 0.458 e. The van der Waals surface area contributed by atoms with Crippen molar-refractivity contribution in [1.29, 1.82) is 0 Å². The zero-order chi connectivity index (χ0) is 13.2. The first-order valence-electron chi connectivity index (χ1n) is 6.36. The van der Waals surface area contributed by atoms with Crippen LogP contribution in [0.25, 0.3) is 0 Å². The second-order valence-corrected chi connectivity index (χ2v) is 4.85. The molecule has 1 aromatic rings. The molecular weight excluding hydrogens is 244 g/mol. The van der Waals surface area contributed by atoms with E-state index in [0.29, 0.717) is 18.4 Å². The van der Waals surface area contributed by atoms with Gasteiger partial charge in [0, 0.05) is 5.92 Å². The van der Waals surface area contributed by atoms with Crippen molar-refractivity contribution in [1.82, 2.24) is 0 Å². The Bertz CT molecular complexity index is 520. The molecule has 1 aliphatic carbocycles. The van der Waals surface area contributed by atoms with Gasteiger partial charge in [0.05, 0.1) is 12.0 Å². The van der Waals surface area contributed by atoms with Crippen LogP contribution in [0, 0.1) is 5.92 Å². The van der Waals surface area contributed by atoms with Crippen molar-refractivity contribution < 1.29 is 19.1 Å². The third kappa shape index (κ3) is 2.52. The molecule has 1 fully saturated rings. The van der Waals surface area contributed by atoms with Crippen molar-refractivity contribution in [3.63, 3.8) is 0 Å². The lowest BCUT2D eigenvalue weighted by atomic mass is 9.89. The number of hydrogen-bond acceptors (Lipinski definition) is 4. The molecule has 0 saturated carbocycles. The Labute approximate surface area is 111 Å². The summed E-state index contributed by atoms with van der Waals surface area (Å²) in [6.07, 6.45) is 4.27. The fraction of sp³-hybridized carbons (Fsp3) is 0.333. The van der Waals surface area contributed by atoms with E-state index in [0.717, 1.165) is 0 Å². The molecule has 4 heteroatoms. The van der Waals surface area contributed by atoms with E-state index in [9.17, 15) is 9.59 Å². The van der Waals surface area contributed by atoms with E-state index in [1.807, 2.05) is 12.1 Å². The number of ether oxygens (including phenoxy) is 2. The monoisotopic (exact) mass is 258 g/mol. The summed E-state index contributed by atoms with van der Waals surface area (Å²) in [6.45, 7) is 0. The SMILES string of the molecule is O=C1CC2CC(OC(=O)c3ccccc3)C=CC2O1. The van der Waals surface area contributed by atoms with Gasteiger partial charge in [-0.15, -0.1) is 0 Å². The summed E-state index contributed by atoms with van der Waals surface area (Å²) in [5, 5.41) is 0. The van der Waals surface area contributed by atoms with Gasteiger partial charge in [-0.3, -0.25) is 4.79 Å². The van der Waals surface area contributed by atoms with E-state index < -0.39 is 0 Å². The summed E-state index contributed by atoms with van der Waals surface area (Å²) in [5.74, 6) is -0.375. The molecule has 1 aromatic carbocycles. The average Bonchev–Trinajstić information content (AvgIpc) is 2.79. The molecule has 2 aliphatic rings. The summed E-state index contributed by atoms with van der Waals surface area (Å²) in [4.78, 5) is 23.1. The van der Waals surface area contributed by atoms with Crippen molar-refractivity contribution in [3.05, 3.63) is 48.0 Å². The highest BCUT2D eigenvalue weighted by atomic mass is 16.6. The van der Waals surface area contributed by atoms with E-state index >= 15 is 0 Å². The van der Waals surface area contributed by atoms with Gasteiger partial charge in [0.25, 0.3) is 0 Å². The Hall–Kier alpha value is -2.10. The molecule has 4 nitrogen and oxygen atoms in total. The fourth-order valence-electron chi connectivity index (χ4n) is 2.52. The van der Waals surface area contributed by atoms with Crippen LogP contribution < -0.4 is 0 Å². The van der Waals surface area contributed by atoms with Gasteiger partial charge in [-0.2, -0.15) is 0 Å². The fourth-order valence-corrected chi connectivity index (χ4v) is 2.52. The van der Waals surface area contributed by atoms with Gasteiger partial charge in [-0.25, -0.2) is 4.79 Å². The molecule has 0 radical (unpaired) electrons. The second kappa shape index (κ2) is 4.88. The first-order chi connectivity index (χ1) is 9.22. The third-order valence-electron chi connectivity index (χ3n) is 3.48. The van der Waals surface area contributed by atoms with E-state index in [2.05, 4.69) is 0 Å². The molecule has 3 rings (SSSR count). The molecule has 3 atom stereocenters. The molecule has 0 aromatic heterocycles. The molecule has 1 saturated heterocycles. The molecule has 1 aliphatic heterocycles. The molecule has 0 N–H and O–H groups in total. The molecule has 0 spiro atoms. The number of fused-ring (bicyclic) bond motifs is 1. The van der Waals surface area contributed by atoms with Crippen LogP contribution in [0.3, 0.4) is 0 Å². The van der Waals surface area contributed by atoms with E-state index in [-0.39, 0.29) is 30.1 Å². The number of hydrogen-bond donors (Lipinski definition) is 0. The summed E-state index contributed by atoms with van der Waals surface area (Å²) in [7, 11) is 0. The summed E-state index contributed by atoms with van der Waals surface area (Å²) >= 11 is 0. The first-order valence-corrected chi connectivity index (χ1v) is 6.36. The summed E-state index contributed by atoms with van der Waals surface area (Å²) in [5.41, 5.74) is 0.539. The van der Waals surface area contributed by atoms with Crippen LogP contribution in [0.5, 0.6) is 0 Å². The van der Waals surface area contributed by atoms with Crippen molar-refractivity contribution in [3.8, 4) is 0 Å². The molecule has 19 heavy (non-hydrogen) atoms. The lowest BCUT2D eigenvalue weighted by Crippen LogP contribution is -2.27. The topological polar surface area (TPSA) is 52.6 Å². The molecule has 0 amide bonds. The van der Waals surface area contributed by atoms with Crippen molar-refractivity contribution >= 4 is 11.9 Å². The quantitative estimate of drug-likeness (QED) is 0.602. The van der Waals surface area contributed by atoms with Crippen LogP contribution in [0.15, 0.2) is 42.5 Å². The van der Waals surface area contributed by atoms with Crippen molar-refractivity contribution in [2.24, 2.45) is 5.92 Å². The molecule has 3 unspecified atom stereocenters. The number of rotatable bonds is 2. The minimum Gasteiger partial charge on any atom is -0.458 e. The Morgan fingerprint density at radius 2 is 2.00 bits per heavy atom. The van der Waals surface area contributed by atoms with Gasteiger partial charge < -0.3 is 9.47 Å². The van der Waals surface area contributed by atoms with Gasteiger partial charge in [0.2, 0.25) is 0 Å². The van der Waals surface area contributed by atoms with E-state index in [1.54, 1.807) is 30.3 Å². The van der Waals surface area contributed by atoms with Crippen LogP contribution in [0.4, 0.5) is 0 Å². The Balaban J connectivity index is 1.64. The lowest BCUT2D eigenvalue weighted by Gasteiger charge is -2.24. The van der Waals surface area contributed by atoms with Gasteiger partial charge in [0.15, 0.2) is 0 Å². The minimum atomic E-state index is -0.334. The lowest BCUT2D eigenvalue weighted by molar-refractivity contribution is -0.140. The summed E-state index contributed by atoms with van der Waals surface area (Å²) < 4.78 is 10.6.